The van der Waals surface area contributed by atoms with Gasteiger partial charge in [-0.3, -0.25) is 6.29 Å². The Morgan fingerprint density at radius 3 is 2.00 bits per heavy atom. The fourth-order valence-electron chi connectivity index (χ4n) is 0.167. The Balaban J connectivity index is 0. The van der Waals surface area contributed by atoms with Crippen molar-refractivity contribution in [2.45, 2.75) is 20.3 Å². The maximum Gasteiger partial charge on any atom is 0 e. The number of hydrogen-bond donors (Lipinski definition) is 0. The van der Waals surface area contributed by atoms with Crippen LogP contribution in [0.5, 0.6) is 0 Å². The second kappa shape index (κ2) is 4.67. The van der Waals surface area contributed by atoms with Gasteiger partial charge in [0, 0.05) is 0 Å². The third kappa shape index (κ3) is 11.9. The first-order chi connectivity index (χ1) is 2.77. The van der Waals surface area contributed by atoms with E-state index in [4.69, 9.17) is 0 Å². The third-order valence-electron chi connectivity index (χ3n) is 0.492. The molecule has 0 aliphatic rings. The molecule has 0 spiro atoms. The molecule has 0 unspecified atom stereocenters. The summed E-state index contributed by atoms with van der Waals surface area (Å²) < 4.78 is 0. The molecule has 1 nitrogen and oxygen atoms in total. The first-order valence-corrected chi connectivity index (χ1v) is 2.12. The van der Waals surface area contributed by atoms with Crippen molar-refractivity contribution in [1.29, 1.82) is 0 Å². The topological polar surface area (TPSA) is 17.1 Å². The molecule has 0 aromatic carbocycles. The van der Waals surface area contributed by atoms with Gasteiger partial charge in [-0.1, -0.05) is 19.8 Å². The predicted molar refractivity (Wildman–Crippen MR) is 25.1 cm³/mol. The summed E-state index contributed by atoms with van der Waals surface area (Å²) in [7, 11) is 0. The second-order valence-corrected chi connectivity index (χ2v) is 1.74. The van der Waals surface area contributed by atoms with Gasteiger partial charge in [0.25, 0.3) is 0 Å². The van der Waals surface area contributed by atoms with E-state index in [9.17, 15) is 4.79 Å². The first kappa shape index (κ1) is 9.18. The van der Waals surface area contributed by atoms with Gasteiger partial charge >= 0.3 is 0 Å². The molecule has 0 saturated heterocycles. The van der Waals surface area contributed by atoms with Crippen LogP contribution in [0.1, 0.15) is 20.3 Å². The van der Waals surface area contributed by atoms with E-state index in [1.54, 1.807) is 0 Å². The molecule has 0 radical (unpaired) electrons. The minimum absolute atomic E-state index is 0. The maximum absolute atomic E-state index is 9.49. The average molecular weight is 352 g/mol. The largest absolute Gasteiger partial charge is 0.542 e. The average Bonchev–Trinajstić information content (AvgIpc) is 1.35. The molecule has 0 bridgehead atoms. The summed E-state index contributed by atoms with van der Waals surface area (Å²) >= 11 is 0. The minimum atomic E-state index is 0. The Morgan fingerprint density at radius 1 is 1.57 bits per heavy atom. The zero-order chi connectivity index (χ0) is 4.99. The van der Waals surface area contributed by atoms with Gasteiger partial charge in [0.05, 0.1) is 0 Å². The number of carbonyl (C=O) groups excluding carboxylic acids is 1. The van der Waals surface area contributed by atoms with Crippen LogP contribution in [-0.2, 0) is 4.79 Å². The van der Waals surface area contributed by atoms with Crippen molar-refractivity contribution in [1.82, 2.24) is 0 Å². The van der Waals surface area contributed by atoms with E-state index in [2.05, 4.69) is 0 Å². The van der Waals surface area contributed by atoms with Gasteiger partial charge in [-0.05, 0) is 0 Å². The molecule has 0 N–H and O–H groups in total. The molecule has 0 rings (SSSR count). The Hall–Kier alpha value is -1.33. The molecule has 0 fully saturated rings. The van der Waals surface area contributed by atoms with Crippen molar-refractivity contribution in [3.8, 4) is 0 Å². The zero-order valence-corrected chi connectivity index (χ0v) is 11.3. The van der Waals surface area contributed by atoms with Crippen molar-refractivity contribution in [2.24, 2.45) is 5.92 Å². The van der Waals surface area contributed by atoms with Crippen molar-refractivity contribution >= 4 is 6.29 Å². The number of rotatable bonds is 2. The fourth-order valence-corrected chi connectivity index (χ4v) is 0.167. The van der Waals surface area contributed by atoms with Crippen molar-refractivity contribution in [2.75, 3.05) is 0 Å². The summed E-state index contributed by atoms with van der Waals surface area (Å²) in [4.78, 5) is 9.49. The van der Waals surface area contributed by atoms with Crippen LogP contribution in [0.15, 0.2) is 0 Å². The number of hydrogen-bond acceptors (Lipinski definition) is 1. The molecule has 0 amide bonds. The third-order valence-corrected chi connectivity index (χ3v) is 0.492. The zero-order valence-electron chi connectivity index (χ0n) is 4.90. The van der Waals surface area contributed by atoms with Crippen LogP contribution in [0.3, 0.4) is 0 Å². The van der Waals surface area contributed by atoms with Crippen molar-refractivity contribution in [3.63, 3.8) is 0 Å². The van der Waals surface area contributed by atoms with Crippen molar-refractivity contribution in [3.05, 3.63) is 0 Å². The SMILES string of the molecule is CC(C)C[C-]=O.[Rf]. The van der Waals surface area contributed by atoms with E-state index in [1.807, 2.05) is 20.1 Å². The van der Waals surface area contributed by atoms with Gasteiger partial charge in [-0.15, -0.1) is 0 Å². The van der Waals surface area contributed by atoms with E-state index >= 15 is 0 Å². The van der Waals surface area contributed by atoms with Crippen LogP contribution in [0, 0.1) is 5.92 Å². The summed E-state index contributed by atoms with van der Waals surface area (Å²) in [6.07, 6.45) is 2.39. The molecule has 0 heterocycles. The normalized spacial score (nSPS) is 7.86. The summed E-state index contributed by atoms with van der Waals surface area (Å²) in [5.74, 6) is 0.475. The molecule has 0 atom stereocenters. The molecular formula is C5H9ORf-. The van der Waals surface area contributed by atoms with E-state index in [-0.39, 0.29) is 0 Å². The Morgan fingerprint density at radius 2 is 2.00 bits per heavy atom. The summed E-state index contributed by atoms with van der Waals surface area (Å²) in [5.41, 5.74) is 0. The molecule has 2 heteroatoms. The molecule has 0 aliphatic carbocycles. The predicted octanol–water partition coefficient (Wildman–Crippen LogP) is 1.14. The Bertz CT molecular complexity index is 43.3. The molecule has 0 aromatic rings. The van der Waals surface area contributed by atoms with Crippen LogP contribution in [-0.4, -0.2) is 6.29 Å². The Kier molecular flexibility index (Phi) is 6.12. The standard InChI is InChI=1S/C5H9O.Rf/c1-5(2)3-4-6;/h5H,3H2,1-2H3;/q-1;. The monoisotopic (exact) mass is 352 g/mol. The first-order valence-electron chi connectivity index (χ1n) is 2.12. The van der Waals surface area contributed by atoms with E-state index in [0.717, 1.165) is 0 Å². The molecule has 0 aromatic heterocycles. The summed E-state index contributed by atoms with van der Waals surface area (Å²) in [5, 5.41) is 0. The van der Waals surface area contributed by atoms with Gasteiger partial charge in [0.2, 0.25) is 0 Å². The smallest absolute Gasteiger partial charge is 0 e. The quantitative estimate of drug-likeness (QED) is 0.682. The van der Waals surface area contributed by atoms with E-state index in [0.29, 0.717) is 12.3 Å². The maximum atomic E-state index is 9.49. The van der Waals surface area contributed by atoms with E-state index in [1.165, 1.54) is 0 Å². The summed E-state index contributed by atoms with van der Waals surface area (Å²) in [6.45, 7) is 3.98. The van der Waals surface area contributed by atoms with Crippen LogP contribution in [0.25, 0.3) is 0 Å². The van der Waals surface area contributed by atoms with Gasteiger partial charge in [-0.2, -0.15) is 6.42 Å². The second-order valence-electron chi connectivity index (χ2n) is 1.74. The van der Waals surface area contributed by atoms with Gasteiger partial charge in [0.15, 0.2) is 0 Å². The van der Waals surface area contributed by atoms with Gasteiger partial charge in [0.1, 0.15) is 0 Å². The van der Waals surface area contributed by atoms with Gasteiger partial charge in [-0.25, -0.2) is 0 Å². The molecular weight excluding hydrogens is 343 g/mol. The van der Waals surface area contributed by atoms with Crippen LogP contribution >= 0.6 is 0 Å². The molecule has 38 valence electrons. The van der Waals surface area contributed by atoms with Crippen molar-refractivity contribution < 1.29 is 4.79 Å². The minimum Gasteiger partial charge on any atom is -0.542 e. The molecule has 0 aliphatic heterocycles. The van der Waals surface area contributed by atoms with E-state index < -0.39 is 0 Å². The fraction of sp³-hybridized carbons (Fsp3) is 0.800. The van der Waals surface area contributed by atoms with Crippen LogP contribution in [0.4, 0.5) is 0 Å². The van der Waals surface area contributed by atoms with Gasteiger partial charge < -0.3 is 4.79 Å². The summed E-state index contributed by atoms with van der Waals surface area (Å²) in [6, 6.07) is 0. The Labute approximate surface area is 38.4 Å². The molecule has 0 saturated carbocycles. The molecule has 7 heavy (non-hydrogen) atoms. The van der Waals surface area contributed by atoms with Crippen LogP contribution < -0.4 is 0 Å². The van der Waals surface area contributed by atoms with Crippen LogP contribution in [0.2, 0.25) is 0 Å².